The van der Waals surface area contributed by atoms with Crippen molar-refractivity contribution < 1.29 is 43.7 Å². The Labute approximate surface area is 212 Å². The zero-order chi connectivity index (χ0) is 27.4. The average molecular weight is 514 g/mol. The highest BCUT2D eigenvalue weighted by Gasteiger charge is 2.29. The second-order valence-corrected chi connectivity index (χ2v) is 8.00. The first kappa shape index (κ1) is 28.5. The van der Waals surface area contributed by atoms with Gasteiger partial charge in [-0.05, 0) is 37.6 Å². The maximum absolute atomic E-state index is 12.9. The minimum absolute atomic E-state index is 0.232. The summed E-state index contributed by atoms with van der Waals surface area (Å²) >= 11 is 0. The van der Waals surface area contributed by atoms with Crippen LogP contribution in [0.5, 0.6) is 11.5 Å². The molecule has 3 unspecified atom stereocenters. The van der Waals surface area contributed by atoms with Gasteiger partial charge in [-0.3, -0.25) is 24.0 Å². The van der Waals surface area contributed by atoms with Gasteiger partial charge < -0.3 is 35.7 Å². The van der Waals surface area contributed by atoms with Gasteiger partial charge in [-0.15, -0.1) is 0 Å². The van der Waals surface area contributed by atoms with Gasteiger partial charge in [0.05, 0.1) is 12.5 Å². The summed E-state index contributed by atoms with van der Waals surface area (Å²) in [6, 6.07) is 12.7. The standard InChI is InChI=1S/C25H27N3O9/c1-15(23(34)27-17(14-29)13-22(32)33)24(35)28-20(10-11-21(30)31)25(36)26-16-6-5-9-19(12-16)37-18-7-3-2-4-8-18/h2-9,12,14-15,17,20H,10-11,13H2,1H3,(H,26,36)(H,27,34)(H,28,35)(H,30,31)(H,32,33). The largest absolute Gasteiger partial charge is 0.481 e. The van der Waals surface area contributed by atoms with E-state index in [0.29, 0.717) is 17.2 Å². The maximum Gasteiger partial charge on any atom is 0.305 e. The summed E-state index contributed by atoms with van der Waals surface area (Å²) in [5, 5.41) is 24.9. The molecule has 0 aliphatic carbocycles. The highest BCUT2D eigenvalue weighted by atomic mass is 16.5. The van der Waals surface area contributed by atoms with Crippen LogP contribution in [0.3, 0.4) is 0 Å². The number of benzene rings is 2. The lowest BCUT2D eigenvalue weighted by Gasteiger charge is -2.21. The Morgan fingerprint density at radius 3 is 2.14 bits per heavy atom. The topological polar surface area (TPSA) is 188 Å². The van der Waals surface area contributed by atoms with Crippen LogP contribution in [0.15, 0.2) is 54.6 Å². The molecule has 0 aliphatic heterocycles. The number of carboxylic acids is 2. The number of aldehydes is 1. The number of carbonyl (C=O) groups is 6. The lowest BCUT2D eigenvalue weighted by Crippen LogP contribution is -2.50. The molecule has 0 aliphatic rings. The summed E-state index contributed by atoms with van der Waals surface area (Å²) in [7, 11) is 0. The molecule has 0 bridgehead atoms. The molecule has 37 heavy (non-hydrogen) atoms. The van der Waals surface area contributed by atoms with Gasteiger partial charge in [-0.25, -0.2) is 0 Å². The number of para-hydroxylation sites is 1. The molecule has 0 aromatic heterocycles. The lowest BCUT2D eigenvalue weighted by atomic mass is 10.1. The van der Waals surface area contributed by atoms with E-state index in [4.69, 9.17) is 14.9 Å². The molecule has 3 atom stereocenters. The van der Waals surface area contributed by atoms with Crippen LogP contribution in [0.25, 0.3) is 0 Å². The number of nitrogens with one attached hydrogen (secondary N) is 3. The summed E-state index contributed by atoms with van der Waals surface area (Å²) in [6.45, 7) is 1.20. The number of carboxylic acid groups (broad SMARTS) is 2. The number of aliphatic carboxylic acids is 2. The van der Waals surface area contributed by atoms with Crippen LogP contribution in [0, 0.1) is 5.92 Å². The predicted molar refractivity (Wildman–Crippen MR) is 130 cm³/mol. The zero-order valence-corrected chi connectivity index (χ0v) is 19.9. The molecule has 0 saturated carbocycles. The molecule has 2 aromatic rings. The Kier molecular flexibility index (Phi) is 10.8. The maximum atomic E-state index is 12.9. The van der Waals surface area contributed by atoms with E-state index < -0.39 is 60.5 Å². The highest BCUT2D eigenvalue weighted by molar-refractivity contribution is 6.03. The van der Waals surface area contributed by atoms with Gasteiger partial charge in [-0.2, -0.15) is 0 Å². The normalized spacial score (nSPS) is 12.8. The number of anilines is 1. The Hall–Kier alpha value is -4.74. The summed E-state index contributed by atoms with van der Waals surface area (Å²) < 4.78 is 5.72. The minimum atomic E-state index is -1.40. The smallest absolute Gasteiger partial charge is 0.305 e. The van der Waals surface area contributed by atoms with Crippen LogP contribution >= 0.6 is 0 Å². The van der Waals surface area contributed by atoms with Gasteiger partial charge in [-0.1, -0.05) is 24.3 Å². The first-order valence-corrected chi connectivity index (χ1v) is 11.2. The predicted octanol–water partition coefficient (Wildman–Crippen LogP) is 1.56. The molecule has 2 rings (SSSR count). The molecule has 196 valence electrons. The molecule has 0 radical (unpaired) electrons. The van der Waals surface area contributed by atoms with E-state index in [1.54, 1.807) is 48.5 Å². The van der Waals surface area contributed by atoms with E-state index in [1.807, 2.05) is 6.07 Å². The van der Waals surface area contributed by atoms with Gasteiger partial charge in [0.1, 0.15) is 29.7 Å². The number of hydrogen-bond donors (Lipinski definition) is 5. The number of rotatable bonds is 14. The molecule has 5 N–H and O–H groups in total. The van der Waals surface area contributed by atoms with E-state index in [0.717, 1.165) is 0 Å². The number of hydrogen-bond acceptors (Lipinski definition) is 7. The van der Waals surface area contributed by atoms with Crippen LogP contribution in [-0.2, 0) is 28.8 Å². The van der Waals surface area contributed by atoms with E-state index in [-0.39, 0.29) is 12.7 Å². The molecule has 0 heterocycles. The minimum Gasteiger partial charge on any atom is -0.481 e. The number of carbonyl (C=O) groups excluding carboxylic acids is 4. The third kappa shape index (κ3) is 9.80. The molecule has 0 fully saturated rings. The van der Waals surface area contributed by atoms with Gasteiger partial charge in [0.2, 0.25) is 17.7 Å². The molecule has 12 heteroatoms. The van der Waals surface area contributed by atoms with Gasteiger partial charge in [0.15, 0.2) is 0 Å². The van der Waals surface area contributed by atoms with E-state index in [2.05, 4.69) is 16.0 Å². The molecule has 0 saturated heterocycles. The molecule has 12 nitrogen and oxygen atoms in total. The Morgan fingerprint density at radius 1 is 0.865 bits per heavy atom. The van der Waals surface area contributed by atoms with Crippen molar-refractivity contribution in [1.29, 1.82) is 0 Å². The zero-order valence-electron chi connectivity index (χ0n) is 19.9. The van der Waals surface area contributed by atoms with Crippen molar-refractivity contribution in [2.24, 2.45) is 5.92 Å². The molecular formula is C25H27N3O9. The molecule has 3 amide bonds. The number of amides is 3. The fourth-order valence-corrected chi connectivity index (χ4v) is 3.07. The van der Waals surface area contributed by atoms with Gasteiger partial charge in [0.25, 0.3) is 0 Å². The van der Waals surface area contributed by atoms with Crippen LogP contribution < -0.4 is 20.7 Å². The third-order valence-corrected chi connectivity index (χ3v) is 5.03. The third-order valence-electron chi connectivity index (χ3n) is 5.03. The van der Waals surface area contributed by atoms with Crippen LogP contribution in [0.2, 0.25) is 0 Å². The summed E-state index contributed by atoms with van der Waals surface area (Å²) in [6.07, 6.45) is -1.14. The summed E-state index contributed by atoms with van der Waals surface area (Å²) in [5.41, 5.74) is 0.321. The van der Waals surface area contributed by atoms with Crippen molar-refractivity contribution in [3.63, 3.8) is 0 Å². The van der Waals surface area contributed by atoms with Crippen molar-refractivity contribution in [3.05, 3.63) is 54.6 Å². The fourth-order valence-electron chi connectivity index (χ4n) is 3.07. The van der Waals surface area contributed by atoms with Crippen molar-refractivity contribution in [2.75, 3.05) is 5.32 Å². The summed E-state index contributed by atoms with van der Waals surface area (Å²) in [5.74, 6) is -5.49. The van der Waals surface area contributed by atoms with Crippen molar-refractivity contribution in [3.8, 4) is 11.5 Å². The number of ether oxygens (including phenoxy) is 1. The SMILES string of the molecule is CC(C(=O)NC(C=O)CC(=O)O)C(=O)NC(CCC(=O)O)C(=O)Nc1cccc(Oc2ccccc2)c1. The Morgan fingerprint density at radius 2 is 1.51 bits per heavy atom. The Balaban J connectivity index is 2.08. The second-order valence-electron chi connectivity index (χ2n) is 8.00. The lowest BCUT2D eigenvalue weighted by molar-refractivity contribution is -0.141. The molecule has 0 spiro atoms. The van der Waals surface area contributed by atoms with Crippen LogP contribution in [0.1, 0.15) is 26.2 Å². The Bertz CT molecular complexity index is 1140. The van der Waals surface area contributed by atoms with Crippen molar-refractivity contribution in [2.45, 2.75) is 38.3 Å². The molecule has 2 aromatic carbocycles. The van der Waals surface area contributed by atoms with Crippen LogP contribution in [0.4, 0.5) is 5.69 Å². The van der Waals surface area contributed by atoms with Gasteiger partial charge in [0, 0.05) is 18.2 Å². The monoisotopic (exact) mass is 513 g/mol. The quantitative estimate of drug-likeness (QED) is 0.184. The first-order valence-electron chi connectivity index (χ1n) is 11.2. The summed E-state index contributed by atoms with van der Waals surface area (Å²) in [4.78, 5) is 70.6. The molecular weight excluding hydrogens is 486 g/mol. The van der Waals surface area contributed by atoms with E-state index >= 15 is 0 Å². The van der Waals surface area contributed by atoms with E-state index in [9.17, 15) is 28.8 Å². The first-order chi connectivity index (χ1) is 17.6. The van der Waals surface area contributed by atoms with Crippen molar-refractivity contribution >= 4 is 41.6 Å². The average Bonchev–Trinajstić information content (AvgIpc) is 2.85. The van der Waals surface area contributed by atoms with Crippen LogP contribution in [-0.4, -0.2) is 58.2 Å². The van der Waals surface area contributed by atoms with E-state index in [1.165, 1.54) is 6.92 Å². The second kappa shape index (κ2) is 14.0. The van der Waals surface area contributed by atoms with Crippen molar-refractivity contribution in [1.82, 2.24) is 10.6 Å². The fraction of sp³-hybridized carbons (Fsp3) is 0.280. The van der Waals surface area contributed by atoms with Gasteiger partial charge >= 0.3 is 11.9 Å². The highest BCUT2D eigenvalue weighted by Crippen LogP contribution is 2.24.